The van der Waals surface area contributed by atoms with Crippen LogP contribution in [-0.2, 0) is 12.0 Å². The van der Waals surface area contributed by atoms with Crippen LogP contribution in [-0.4, -0.2) is 5.84 Å². The first-order chi connectivity index (χ1) is 12.5. The van der Waals surface area contributed by atoms with E-state index in [4.69, 9.17) is 16.6 Å². The van der Waals surface area contributed by atoms with E-state index in [1.807, 2.05) is 18.2 Å². The SMILES string of the molecule is CC(C)(N=C1Nc2ccccc2CC12CCCCC2)c1cccc(Cl)c1. The van der Waals surface area contributed by atoms with Gasteiger partial charge < -0.3 is 5.32 Å². The molecule has 0 amide bonds. The number of amidine groups is 1. The van der Waals surface area contributed by atoms with Gasteiger partial charge >= 0.3 is 0 Å². The normalized spacial score (nSPS) is 20.7. The molecule has 0 bridgehead atoms. The summed E-state index contributed by atoms with van der Waals surface area (Å²) >= 11 is 6.24. The van der Waals surface area contributed by atoms with Gasteiger partial charge in [-0.05, 0) is 62.4 Å². The van der Waals surface area contributed by atoms with Gasteiger partial charge in [-0.25, -0.2) is 0 Å². The van der Waals surface area contributed by atoms with Gasteiger partial charge in [-0.15, -0.1) is 0 Å². The second-order valence-electron chi connectivity index (χ2n) is 8.33. The number of rotatable bonds is 2. The van der Waals surface area contributed by atoms with E-state index < -0.39 is 0 Å². The molecule has 4 rings (SSSR count). The number of nitrogens with one attached hydrogen (secondary N) is 1. The standard InChI is InChI=1S/C23H27ClN2/c1-22(2,18-10-8-11-19(24)15-18)26-21-23(13-6-3-7-14-23)16-17-9-4-5-12-20(17)25-21/h4-5,8-12,15H,3,6-7,13-14,16H2,1-2H3,(H,25,26). The van der Waals surface area contributed by atoms with E-state index in [9.17, 15) is 0 Å². The van der Waals surface area contributed by atoms with Crippen molar-refractivity contribution in [3.8, 4) is 0 Å². The summed E-state index contributed by atoms with van der Waals surface area (Å²) in [6.07, 6.45) is 7.47. The Labute approximate surface area is 161 Å². The highest BCUT2D eigenvalue weighted by Gasteiger charge is 2.42. The molecule has 0 unspecified atom stereocenters. The molecule has 1 heterocycles. The lowest BCUT2D eigenvalue weighted by Gasteiger charge is -2.43. The van der Waals surface area contributed by atoms with Gasteiger partial charge in [0.25, 0.3) is 0 Å². The number of benzene rings is 2. The number of anilines is 1. The Bertz CT molecular complexity index is 832. The van der Waals surface area contributed by atoms with E-state index in [1.165, 1.54) is 49.2 Å². The van der Waals surface area contributed by atoms with Gasteiger partial charge in [0, 0.05) is 16.1 Å². The van der Waals surface area contributed by atoms with Crippen molar-refractivity contribution in [2.24, 2.45) is 10.4 Å². The van der Waals surface area contributed by atoms with Crippen LogP contribution in [0.2, 0.25) is 5.02 Å². The Hall–Kier alpha value is -1.80. The van der Waals surface area contributed by atoms with Crippen LogP contribution in [0.5, 0.6) is 0 Å². The first kappa shape index (κ1) is 17.6. The predicted octanol–water partition coefficient (Wildman–Crippen LogP) is 6.59. The maximum absolute atomic E-state index is 6.24. The molecule has 2 aliphatic rings. The minimum absolute atomic E-state index is 0.155. The van der Waals surface area contributed by atoms with Gasteiger partial charge in [-0.1, -0.05) is 61.2 Å². The predicted molar refractivity (Wildman–Crippen MR) is 111 cm³/mol. The second-order valence-corrected chi connectivity index (χ2v) is 8.77. The Balaban J connectivity index is 1.77. The molecule has 1 aliphatic carbocycles. The van der Waals surface area contributed by atoms with Gasteiger partial charge in [0.1, 0.15) is 5.84 Å². The van der Waals surface area contributed by atoms with Crippen molar-refractivity contribution in [3.63, 3.8) is 0 Å². The zero-order chi connectivity index (χ0) is 18.2. The van der Waals surface area contributed by atoms with Crippen molar-refractivity contribution >= 4 is 23.1 Å². The van der Waals surface area contributed by atoms with Crippen molar-refractivity contribution in [2.75, 3.05) is 5.32 Å². The van der Waals surface area contributed by atoms with E-state index in [0.717, 1.165) is 17.0 Å². The molecule has 1 saturated carbocycles. The monoisotopic (exact) mass is 366 g/mol. The Kier molecular flexibility index (Phi) is 4.56. The molecular formula is C23H27ClN2. The molecule has 1 N–H and O–H groups in total. The molecule has 0 atom stereocenters. The molecule has 0 radical (unpaired) electrons. The van der Waals surface area contributed by atoms with Gasteiger partial charge in [0.2, 0.25) is 0 Å². The average molecular weight is 367 g/mol. The van der Waals surface area contributed by atoms with E-state index in [2.05, 4.69) is 49.5 Å². The molecule has 0 aromatic heterocycles. The lowest BCUT2D eigenvalue weighted by atomic mass is 9.67. The van der Waals surface area contributed by atoms with Crippen LogP contribution in [0.3, 0.4) is 0 Å². The number of para-hydroxylation sites is 1. The lowest BCUT2D eigenvalue weighted by Crippen LogP contribution is -2.44. The van der Waals surface area contributed by atoms with Crippen LogP contribution in [0.25, 0.3) is 0 Å². The van der Waals surface area contributed by atoms with Crippen molar-refractivity contribution in [1.29, 1.82) is 0 Å². The van der Waals surface area contributed by atoms with Crippen molar-refractivity contribution < 1.29 is 0 Å². The summed E-state index contributed by atoms with van der Waals surface area (Å²) in [7, 11) is 0. The smallest absolute Gasteiger partial charge is 0.108 e. The van der Waals surface area contributed by atoms with Crippen LogP contribution in [0.1, 0.15) is 57.1 Å². The van der Waals surface area contributed by atoms with E-state index in [1.54, 1.807) is 0 Å². The molecule has 1 aliphatic heterocycles. The average Bonchev–Trinajstić information content (AvgIpc) is 2.63. The number of nitrogens with zero attached hydrogens (tertiary/aromatic N) is 1. The Morgan fingerprint density at radius 2 is 1.77 bits per heavy atom. The molecule has 136 valence electrons. The number of fused-ring (bicyclic) bond motifs is 1. The topological polar surface area (TPSA) is 24.4 Å². The molecule has 26 heavy (non-hydrogen) atoms. The molecule has 2 aromatic rings. The number of hydrogen-bond acceptors (Lipinski definition) is 1. The highest BCUT2D eigenvalue weighted by molar-refractivity contribution is 6.30. The fourth-order valence-electron chi connectivity index (χ4n) is 4.51. The molecule has 3 heteroatoms. The molecule has 1 spiro atoms. The fourth-order valence-corrected chi connectivity index (χ4v) is 4.70. The van der Waals surface area contributed by atoms with Crippen molar-refractivity contribution in [3.05, 3.63) is 64.7 Å². The van der Waals surface area contributed by atoms with Crippen molar-refractivity contribution in [1.82, 2.24) is 0 Å². The van der Waals surface area contributed by atoms with Gasteiger partial charge in [-0.3, -0.25) is 4.99 Å². The van der Waals surface area contributed by atoms with Crippen LogP contribution in [0.15, 0.2) is 53.5 Å². The molecule has 2 nitrogen and oxygen atoms in total. The van der Waals surface area contributed by atoms with Crippen LogP contribution < -0.4 is 5.32 Å². The van der Waals surface area contributed by atoms with E-state index in [0.29, 0.717) is 0 Å². The first-order valence-corrected chi connectivity index (χ1v) is 10.1. The fraction of sp³-hybridized carbons (Fsp3) is 0.435. The third-order valence-corrected chi connectivity index (χ3v) is 6.27. The van der Waals surface area contributed by atoms with Gasteiger partial charge in [-0.2, -0.15) is 0 Å². The van der Waals surface area contributed by atoms with E-state index >= 15 is 0 Å². The highest BCUT2D eigenvalue weighted by Crippen LogP contribution is 2.46. The molecule has 0 saturated heterocycles. The summed E-state index contributed by atoms with van der Waals surface area (Å²) in [6.45, 7) is 4.37. The lowest BCUT2D eigenvalue weighted by molar-refractivity contribution is 0.276. The summed E-state index contributed by atoms with van der Waals surface area (Å²) < 4.78 is 0. The second kappa shape index (κ2) is 6.74. The number of aliphatic imine (C=N–C) groups is 1. The van der Waals surface area contributed by atoms with Crippen LogP contribution in [0.4, 0.5) is 5.69 Å². The summed E-state index contributed by atoms with van der Waals surface area (Å²) in [6, 6.07) is 16.8. The van der Waals surface area contributed by atoms with Gasteiger partial charge in [0.05, 0.1) is 5.54 Å². The first-order valence-electron chi connectivity index (χ1n) is 9.70. The summed E-state index contributed by atoms with van der Waals surface area (Å²) in [5, 5.41) is 4.48. The zero-order valence-electron chi connectivity index (χ0n) is 15.7. The van der Waals surface area contributed by atoms with Gasteiger partial charge in [0.15, 0.2) is 0 Å². The zero-order valence-corrected chi connectivity index (χ0v) is 16.4. The number of hydrogen-bond donors (Lipinski definition) is 1. The minimum atomic E-state index is -0.316. The van der Waals surface area contributed by atoms with Crippen molar-refractivity contribution in [2.45, 2.75) is 57.9 Å². The minimum Gasteiger partial charge on any atom is -0.343 e. The maximum atomic E-state index is 6.24. The Morgan fingerprint density at radius 1 is 1.00 bits per heavy atom. The maximum Gasteiger partial charge on any atom is 0.108 e. The third kappa shape index (κ3) is 3.27. The Morgan fingerprint density at radius 3 is 2.54 bits per heavy atom. The summed E-state index contributed by atoms with van der Waals surface area (Å²) in [4.78, 5) is 5.30. The summed E-state index contributed by atoms with van der Waals surface area (Å²) in [5.41, 5.74) is 3.63. The largest absolute Gasteiger partial charge is 0.343 e. The van der Waals surface area contributed by atoms with Crippen LogP contribution in [0, 0.1) is 5.41 Å². The quantitative estimate of drug-likeness (QED) is 0.636. The third-order valence-electron chi connectivity index (χ3n) is 6.03. The molecule has 2 aromatic carbocycles. The summed E-state index contributed by atoms with van der Waals surface area (Å²) in [5.74, 6) is 1.17. The highest BCUT2D eigenvalue weighted by atomic mass is 35.5. The number of halogens is 1. The van der Waals surface area contributed by atoms with Crippen LogP contribution >= 0.6 is 11.6 Å². The molecular weight excluding hydrogens is 340 g/mol. The van der Waals surface area contributed by atoms with E-state index in [-0.39, 0.29) is 11.0 Å². The molecule has 1 fully saturated rings.